The molecule has 1 heterocycles. The molecule has 19 heavy (non-hydrogen) atoms. The van der Waals surface area contributed by atoms with Crippen LogP contribution in [0.4, 0.5) is 0 Å². The third-order valence-electron chi connectivity index (χ3n) is 3.47. The van der Waals surface area contributed by atoms with Crippen molar-refractivity contribution in [2.24, 2.45) is 11.8 Å². The Kier molecular flexibility index (Phi) is 6.28. The van der Waals surface area contributed by atoms with E-state index in [2.05, 4.69) is 17.1 Å². The van der Waals surface area contributed by atoms with E-state index >= 15 is 0 Å². The van der Waals surface area contributed by atoms with E-state index in [4.69, 9.17) is 4.74 Å². The van der Waals surface area contributed by atoms with Crippen LogP contribution in [-0.4, -0.2) is 49.6 Å². The Morgan fingerprint density at radius 1 is 1.37 bits per heavy atom. The monoisotopic (exact) mass is 270 g/mol. The number of piperidine rings is 1. The van der Waals surface area contributed by atoms with Gasteiger partial charge >= 0.3 is 5.97 Å². The van der Waals surface area contributed by atoms with Crippen LogP contribution in [0.25, 0.3) is 0 Å². The maximum absolute atomic E-state index is 11.8. The zero-order valence-corrected chi connectivity index (χ0v) is 12.4. The number of amides is 1. The highest BCUT2D eigenvalue weighted by Gasteiger charge is 2.32. The van der Waals surface area contributed by atoms with Gasteiger partial charge < -0.3 is 15.0 Å². The van der Waals surface area contributed by atoms with Crippen LogP contribution in [0.15, 0.2) is 0 Å². The lowest BCUT2D eigenvalue weighted by molar-refractivity contribution is -0.148. The van der Waals surface area contributed by atoms with Crippen LogP contribution in [0, 0.1) is 11.8 Å². The Labute approximate surface area is 115 Å². The fourth-order valence-corrected chi connectivity index (χ4v) is 2.50. The Balaban J connectivity index is 2.64. The van der Waals surface area contributed by atoms with Gasteiger partial charge in [0.25, 0.3) is 0 Å². The predicted octanol–water partition coefficient (Wildman–Crippen LogP) is 1.03. The number of ether oxygens (including phenoxy) is 1. The van der Waals surface area contributed by atoms with Crippen molar-refractivity contribution < 1.29 is 14.3 Å². The molecule has 1 fully saturated rings. The molecule has 1 aliphatic rings. The average Bonchev–Trinajstić information content (AvgIpc) is 2.37. The SMILES string of the molecule is CCCN1CC(NC(=O)C(C)C)CC(C(=O)OC)C1. The summed E-state index contributed by atoms with van der Waals surface area (Å²) < 4.78 is 4.84. The Morgan fingerprint density at radius 2 is 2.05 bits per heavy atom. The highest BCUT2D eigenvalue weighted by molar-refractivity contribution is 5.78. The molecule has 0 aromatic heterocycles. The van der Waals surface area contributed by atoms with E-state index in [0.717, 1.165) is 26.1 Å². The fraction of sp³-hybridized carbons (Fsp3) is 0.857. The normalized spacial score (nSPS) is 24.3. The minimum Gasteiger partial charge on any atom is -0.469 e. The molecule has 0 aliphatic carbocycles. The van der Waals surface area contributed by atoms with Crippen LogP contribution >= 0.6 is 0 Å². The van der Waals surface area contributed by atoms with Gasteiger partial charge in [0.1, 0.15) is 0 Å². The molecule has 0 radical (unpaired) electrons. The molecule has 2 unspecified atom stereocenters. The van der Waals surface area contributed by atoms with E-state index in [9.17, 15) is 9.59 Å². The molecule has 5 nitrogen and oxygen atoms in total. The molecule has 0 saturated carbocycles. The summed E-state index contributed by atoms with van der Waals surface area (Å²) in [5.74, 6) is -0.294. The molecule has 1 saturated heterocycles. The van der Waals surface area contributed by atoms with Crippen LogP contribution in [-0.2, 0) is 14.3 Å². The molecule has 1 rings (SSSR count). The van der Waals surface area contributed by atoms with Crippen LogP contribution in [0.3, 0.4) is 0 Å². The minimum atomic E-state index is -0.176. The first-order chi connectivity index (χ1) is 8.97. The standard InChI is InChI=1S/C14H26N2O3/c1-5-6-16-8-11(14(18)19-4)7-12(9-16)15-13(17)10(2)3/h10-12H,5-9H2,1-4H3,(H,15,17). The van der Waals surface area contributed by atoms with E-state index in [1.807, 2.05) is 13.8 Å². The summed E-state index contributed by atoms with van der Waals surface area (Å²) in [6.07, 6.45) is 1.71. The van der Waals surface area contributed by atoms with Crippen molar-refractivity contribution in [1.29, 1.82) is 0 Å². The Hall–Kier alpha value is -1.10. The number of carbonyl (C=O) groups is 2. The molecule has 0 aromatic rings. The first-order valence-electron chi connectivity index (χ1n) is 7.08. The van der Waals surface area contributed by atoms with E-state index in [1.54, 1.807) is 0 Å². The van der Waals surface area contributed by atoms with E-state index in [0.29, 0.717) is 6.42 Å². The van der Waals surface area contributed by atoms with Crippen molar-refractivity contribution in [3.8, 4) is 0 Å². The molecule has 0 spiro atoms. The van der Waals surface area contributed by atoms with Crippen molar-refractivity contribution >= 4 is 11.9 Å². The van der Waals surface area contributed by atoms with Gasteiger partial charge in [0.2, 0.25) is 5.91 Å². The lowest BCUT2D eigenvalue weighted by Gasteiger charge is -2.37. The minimum absolute atomic E-state index is 0.0295. The van der Waals surface area contributed by atoms with E-state index < -0.39 is 0 Å². The molecule has 1 aliphatic heterocycles. The highest BCUT2D eigenvalue weighted by Crippen LogP contribution is 2.19. The molecule has 0 aromatic carbocycles. The number of esters is 1. The second kappa shape index (κ2) is 7.48. The first kappa shape index (κ1) is 16.0. The molecule has 5 heteroatoms. The van der Waals surface area contributed by atoms with Crippen molar-refractivity contribution in [3.63, 3.8) is 0 Å². The summed E-state index contributed by atoms with van der Waals surface area (Å²) in [6.45, 7) is 8.36. The highest BCUT2D eigenvalue weighted by atomic mass is 16.5. The zero-order chi connectivity index (χ0) is 14.4. The smallest absolute Gasteiger partial charge is 0.310 e. The molecule has 110 valence electrons. The van der Waals surface area contributed by atoms with Gasteiger partial charge in [0.15, 0.2) is 0 Å². The maximum Gasteiger partial charge on any atom is 0.310 e. The molecule has 1 N–H and O–H groups in total. The van der Waals surface area contributed by atoms with Gasteiger partial charge in [-0.2, -0.15) is 0 Å². The van der Waals surface area contributed by atoms with Crippen LogP contribution in [0.5, 0.6) is 0 Å². The topological polar surface area (TPSA) is 58.6 Å². The van der Waals surface area contributed by atoms with Crippen molar-refractivity contribution in [2.75, 3.05) is 26.7 Å². The first-order valence-corrected chi connectivity index (χ1v) is 7.08. The summed E-state index contributed by atoms with van der Waals surface area (Å²) in [6, 6.07) is 0.0410. The van der Waals surface area contributed by atoms with Gasteiger partial charge in [0, 0.05) is 25.0 Å². The number of carbonyl (C=O) groups excluding carboxylic acids is 2. The van der Waals surface area contributed by atoms with Gasteiger partial charge in [0.05, 0.1) is 13.0 Å². The number of hydrogen-bond acceptors (Lipinski definition) is 4. The van der Waals surface area contributed by atoms with Crippen molar-refractivity contribution in [2.45, 2.75) is 39.7 Å². The molecule has 2 atom stereocenters. The summed E-state index contributed by atoms with van der Waals surface area (Å²) in [4.78, 5) is 25.7. The van der Waals surface area contributed by atoms with Crippen LogP contribution < -0.4 is 5.32 Å². The van der Waals surface area contributed by atoms with Crippen molar-refractivity contribution in [1.82, 2.24) is 10.2 Å². The summed E-state index contributed by atoms with van der Waals surface area (Å²) in [5, 5.41) is 3.03. The third-order valence-corrected chi connectivity index (χ3v) is 3.47. The third kappa shape index (κ3) is 4.82. The summed E-state index contributed by atoms with van der Waals surface area (Å²) >= 11 is 0. The van der Waals surface area contributed by atoms with Gasteiger partial charge in [-0.25, -0.2) is 0 Å². The largest absolute Gasteiger partial charge is 0.469 e. The van der Waals surface area contributed by atoms with Crippen LogP contribution in [0.2, 0.25) is 0 Å². The predicted molar refractivity (Wildman–Crippen MR) is 73.6 cm³/mol. The van der Waals surface area contributed by atoms with Crippen molar-refractivity contribution in [3.05, 3.63) is 0 Å². The number of rotatable bonds is 5. The maximum atomic E-state index is 11.8. The lowest BCUT2D eigenvalue weighted by atomic mass is 9.93. The second-order valence-corrected chi connectivity index (χ2v) is 5.58. The number of methoxy groups -OCH3 is 1. The molecule has 0 bridgehead atoms. The lowest BCUT2D eigenvalue weighted by Crippen LogP contribution is -2.53. The number of likely N-dealkylation sites (tertiary alicyclic amines) is 1. The second-order valence-electron chi connectivity index (χ2n) is 5.58. The molecule has 1 amide bonds. The Bertz CT molecular complexity index is 318. The fourth-order valence-electron chi connectivity index (χ4n) is 2.50. The number of nitrogens with zero attached hydrogens (tertiary/aromatic N) is 1. The molecular weight excluding hydrogens is 244 g/mol. The summed E-state index contributed by atoms with van der Waals surface area (Å²) in [5.41, 5.74) is 0. The summed E-state index contributed by atoms with van der Waals surface area (Å²) in [7, 11) is 1.42. The van der Waals surface area contributed by atoms with E-state index in [1.165, 1.54) is 7.11 Å². The zero-order valence-electron chi connectivity index (χ0n) is 12.4. The van der Waals surface area contributed by atoms with Gasteiger partial charge in [-0.3, -0.25) is 9.59 Å². The van der Waals surface area contributed by atoms with E-state index in [-0.39, 0.29) is 29.8 Å². The molecular formula is C14H26N2O3. The van der Waals surface area contributed by atoms with Crippen LogP contribution in [0.1, 0.15) is 33.6 Å². The Morgan fingerprint density at radius 3 is 2.58 bits per heavy atom. The number of hydrogen-bond donors (Lipinski definition) is 1. The van der Waals surface area contributed by atoms with Gasteiger partial charge in [-0.05, 0) is 19.4 Å². The van der Waals surface area contributed by atoms with Gasteiger partial charge in [-0.1, -0.05) is 20.8 Å². The quantitative estimate of drug-likeness (QED) is 0.758. The number of nitrogens with one attached hydrogen (secondary N) is 1. The van der Waals surface area contributed by atoms with Gasteiger partial charge in [-0.15, -0.1) is 0 Å². The average molecular weight is 270 g/mol.